The number of nitrogens with zero attached hydrogens (tertiary/aromatic N) is 2. The highest BCUT2D eigenvalue weighted by atomic mass is 32.2. The molecule has 0 atom stereocenters. The number of fused-ring (bicyclic) bond motifs is 1. The monoisotopic (exact) mass is 480 g/mol. The third-order valence-electron chi connectivity index (χ3n) is 5.84. The highest BCUT2D eigenvalue weighted by molar-refractivity contribution is 7.89. The van der Waals surface area contributed by atoms with Gasteiger partial charge in [-0.3, -0.25) is 9.69 Å². The van der Waals surface area contributed by atoms with Crippen LogP contribution >= 0.6 is 0 Å². The largest absolute Gasteiger partial charge is 0.492 e. The summed E-state index contributed by atoms with van der Waals surface area (Å²) in [7, 11) is -3.63. The number of piperazine rings is 1. The Morgan fingerprint density at radius 3 is 2.47 bits per heavy atom. The predicted molar refractivity (Wildman–Crippen MR) is 132 cm³/mol. The van der Waals surface area contributed by atoms with Gasteiger partial charge in [0.1, 0.15) is 19.0 Å². The molecule has 1 aliphatic rings. The van der Waals surface area contributed by atoms with Gasteiger partial charge < -0.3 is 9.84 Å². The fourth-order valence-electron chi connectivity index (χ4n) is 3.91. The molecule has 1 saturated heterocycles. The third kappa shape index (κ3) is 5.90. The van der Waals surface area contributed by atoms with Crippen molar-refractivity contribution in [3.05, 3.63) is 78.4 Å². The van der Waals surface area contributed by atoms with Crippen LogP contribution in [-0.2, 0) is 14.8 Å². The van der Waals surface area contributed by atoms with Crippen molar-refractivity contribution < 1.29 is 23.1 Å². The number of benzene rings is 3. The molecule has 0 amide bonds. The first-order chi connectivity index (χ1) is 16.5. The molecule has 0 spiro atoms. The van der Waals surface area contributed by atoms with Crippen LogP contribution in [0.25, 0.3) is 16.8 Å². The van der Waals surface area contributed by atoms with Gasteiger partial charge >= 0.3 is 0 Å². The molecule has 4 rings (SSSR count). The van der Waals surface area contributed by atoms with Gasteiger partial charge in [-0.25, -0.2) is 8.42 Å². The molecule has 0 bridgehead atoms. The topological polar surface area (TPSA) is 87.2 Å². The Labute approximate surface area is 199 Å². The lowest BCUT2D eigenvalue weighted by Gasteiger charge is -2.33. The smallest absolute Gasteiger partial charge is 0.243 e. The number of hydrogen-bond donors (Lipinski definition) is 1. The maximum atomic E-state index is 13.1. The maximum absolute atomic E-state index is 13.1. The number of aliphatic hydroxyl groups excluding tert-OH is 1. The first-order valence-corrected chi connectivity index (χ1v) is 12.7. The summed E-state index contributed by atoms with van der Waals surface area (Å²) in [4.78, 5) is 13.7. The summed E-state index contributed by atoms with van der Waals surface area (Å²) < 4.78 is 33.6. The number of rotatable bonds is 9. The van der Waals surface area contributed by atoms with E-state index in [1.165, 1.54) is 21.8 Å². The molecule has 8 heteroatoms. The van der Waals surface area contributed by atoms with E-state index in [0.29, 0.717) is 38.3 Å². The van der Waals surface area contributed by atoms with Crippen LogP contribution in [0.1, 0.15) is 5.56 Å². The van der Waals surface area contributed by atoms with Gasteiger partial charge in [-0.1, -0.05) is 48.5 Å². The van der Waals surface area contributed by atoms with E-state index in [0.717, 1.165) is 17.7 Å². The lowest BCUT2D eigenvalue weighted by Crippen LogP contribution is -2.49. The molecular weight excluding hydrogens is 452 g/mol. The molecule has 7 nitrogen and oxygen atoms in total. The quantitative estimate of drug-likeness (QED) is 0.474. The van der Waals surface area contributed by atoms with Crippen LogP contribution in [0.3, 0.4) is 0 Å². The van der Waals surface area contributed by atoms with Crippen LogP contribution in [0, 0.1) is 0 Å². The van der Waals surface area contributed by atoms with Gasteiger partial charge in [-0.2, -0.15) is 4.31 Å². The van der Waals surface area contributed by atoms with Crippen molar-refractivity contribution in [2.75, 3.05) is 45.9 Å². The van der Waals surface area contributed by atoms with Crippen molar-refractivity contribution >= 4 is 32.7 Å². The van der Waals surface area contributed by atoms with Gasteiger partial charge in [0.15, 0.2) is 5.78 Å². The van der Waals surface area contributed by atoms with Crippen molar-refractivity contribution in [3.63, 3.8) is 0 Å². The van der Waals surface area contributed by atoms with Gasteiger partial charge in [0.2, 0.25) is 10.0 Å². The molecule has 178 valence electrons. The summed E-state index contributed by atoms with van der Waals surface area (Å²) in [6, 6.07) is 20.7. The molecule has 3 aromatic rings. The van der Waals surface area contributed by atoms with Crippen molar-refractivity contribution in [2.24, 2.45) is 0 Å². The van der Waals surface area contributed by atoms with Crippen LogP contribution < -0.4 is 4.74 Å². The minimum Gasteiger partial charge on any atom is -0.492 e. The predicted octanol–water partition coefficient (Wildman–Crippen LogP) is 2.80. The molecule has 34 heavy (non-hydrogen) atoms. The number of sulfonamides is 1. The van der Waals surface area contributed by atoms with E-state index in [4.69, 9.17) is 9.84 Å². The fraction of sp³-hybridized carbons (Fsp3) is 0.269. The molecule has 0 aromatic heterocycles. The highest BCUT2D eigenvalue weighted by Crippen LogP contribution is 2.21. The van der Waals surface area contributed by atoms with E-state index in [2.05, 4.69) is 17.0 Å². The molecule has 1 N–H and O–H groups in total. The molecule has 0 radical (unpaired) electrons. The number of ketones is 1. The highest BCUT2D eigenvalue weighted by Gasteiger charge is 2.28. The molecular formula is C26H28N2O5S. The fourth-order valence-corrected chi connectivity index (χ4v) is 5.39. The minimum absolute atomic E-state index is 0.194. The average molecular weight is 481 g/mol. The van der Waals surface area contributed by atoms with E-state index in [9.17, 15) is 13.2 Å². The summed E-state index contributed by atoms with van der Waals surface area (Å²) in [5.41, 5.74) is 0.590. The second kappa shape index (κ2) is 10.9. The molecule has 0 saturated carbocycles. The zero-order chi connectivity index (χ0) is 24.0. The summed E-state index contributed by atoms with van der Waals surface area (Å²) >= 11 is 0. The molecule has 3 aromatic carbocycles. The van der Waals surface area contributed by atoms with E-state index in [1.807, 2.05) is 30.3 Å². The molecule has 0 aliphatic carbocycles. The van der Waals surface area contributed by atoms with Crippen molar-refractivity contribution in [3.8, 4) is 5.75 Å². The Morgan fingerprint density at radius 1 is 0.941 bits per heavy atom. The van der Waals surface area contributed by atoms with E-state index >= 15 is 0 Å². The van der Waals surface area contributed by atoms with Gasteiger partial charge in [0.25, 0.3) is 0 Å². The van der Waals surface area contributed by atoms with E-state index in [-0.39, 0.29) is 4.90 Å². The molecule has 1 aliphatic heterocycles. The molecule has 0 unspecified atom stereocenters. The Hall–Kier alpha value is -3.04. The number of aliphatic hydroxyl groups is 1. The molecule has 1 fully saturated rings. The molecule has 1 heterocycles. The van der Waals surface area contributed by atoms with Crippen molar-refractivity contribution in [2.45, 2.75) is 4.90 Å². The van der Waals surface area contributed by atoms with Crippen LogP contribution in [0.5, 0.6) is 5.75 Å². The van der Waals surface area contributed by atoms with Crippen molar-refractivity contribution in [1.82, 2.24) is 9.21 Å². The summed E-state index contributed by atoms with van der Waals surface area (Å²) in [6.45, 7) is 2.75. The van der Waals surface area contributed by atoms with Crippen LogP contribution in [-0.4, -0.2) is 74.5 Å². The first-order valence-electron chi connectivity index (χ1n) is 11.2. The number of carbonyl (C=O) groups excluding carboxylic acids is 1. The number of carbonyl (C=O) groups is 1. The Kier molecular flexibility index (Phi) is 7.74. The third-order valence-corrected chi connectivity index (χ3v) is 7.74. The number of hydrogen-bond acceptors (Lipinski definition) is 6. The zero-order valence-electron chi connectivity index (χ0n) is 18.8. The van der Waals surface area contributed by atoms with Crippen LogP contribution in [0.4, 0.5) is 0 Å². The zero-order valence-corrected chi connectivity index (χ0v) is 19.7. The van der Waals surface area contributed by atoms with Gasteiger partial charge in [-0.15, -0.1) is 0 Å². The minimum atomic E-state index is -3.63. The van der Waals surface area contributed by atoms with Gasteiger partial charge in [0.05, 0.1) is 4.90 Å². The van der Waals surface area contributed by atoms with Gasteiger partial charge in [0, 0.05) is 32.7 Å². The Morgan fingerprint density at radius 2 is 1.71 bits per heavy atom. The lowest BCUT2D eigenvalue weighted by atomic mass is 10.1. The second-order valence-corrected chi connectivity index (χ2v) is 10.1. The first kappa shape index (κ1) is 24.1. The normalized spacial score (nSPS) is 15.7. The van der Waals surface area contributed by atoms with Gasteiger partial charge in [-0.05, 0) is 46.7 Å². The standard InChI is InChI=1S/C26H28N2O5S/c29-20-24(30)10-8-21-4-3-7-26(18-21)34(31,32)28-14-12-27(13-15-28)16-17-33-25-11-9-22-5-1-2-6-23(22)19-25/h1-11,18-19,29H,12-17,20H2/b10-8+. The van der Waals surface area contributed by atoms with E-state index in [1.54, 1.807) is 24.3 Å². The second-order valence-electron chi connectivity index (χ2n) is 8.13. The average Bonchev–Trinajstić information content (AvgIpc) is 2.87. The van der Waals surface area contributed by atoms with Crippen LogP contribution in [0.2, 0.25) is 0 Å². The summed E-state index contributed by atoms with van der Waals surface area (Å²) in [6.07, 6.45) is 2.75. The SMILES string of the molecule is O=C(/C=C/c1cccc(S(=O)(=O)N2CCN(CCOc3ccc4ccccc4c3)CC2)c1)CO. The van der Waals surface area contributed by atoms with Crippen molar-refractivity contribution in [1.29, 1.82) is 0 Å². The van der Waals surface area contributed by atoms with Crippen LogP contribution in [0.15, 0.2) is 77.7 Å². The number of ether oxygens (including phenoxy) is 1. The lowest BCUT2D eigenvalue weighted by molar-refractivity contribution is -0.117. The van der Waals surface area contributed by atoms with E-state index < -0.39 is 22.4 Å². The Bertz CT molecular complexity index is 1280. The summed E-state index contributed by atoms with van der Waals surface area (Å²) in [5.74, 6) is 0.392. The summed E-state index contributed by atoms with van der Waals surface area (Å²) in [5, 5.41) is 11.1. The maximum Gasteiger partial charge on any atom is 0.243 e. The Balaban J connectivity index is 1.29.